The Balaban J connectivity index is 1.49. The maximum absolute atomic E-state index is 13.1. The van der Waals surface area contributed by atoms with Crippen molar-refractivity contribution in [2.75, 3.05) is 10.0 Å². The maximum atomic E-state index is 13.1. The maximum Gasteiger partial charge on any atom is 0.262 e. The highest BCUT2D eigenvalue weighted by Crippen LogP contribution is 2.25. The van der Waals surface area contributed by atoms with E-state index in [2.05, 4.69) is 10.0 Å². The highest BCUT2D eigenvalue weighted by Gasteiger charge is 2.20. The van der Waals surface area contributed by atoms with E-state index in [0.29, 0.717) is 28.4 Å². The van der Waals surface area contributed by atoms with Crippen LogP contribution in [-0.2, 0) is 10.0 Å². The van der Waals surface area contributed by atoms with E-state index in [0.717, 1.165) is 11.1 Å². The lowest BCUT2D eigenvalue weighted by Crippen LogP contribution is -2.17. The molecule has 0 saturated carbocycles. The predicted molar refractivity (Wildman–Crippen MR) is 139 cm³/mol. The molecule has 178 valence electrons. The normalized spacial score (nSPS) is 11.1. The van der Waals surface area contributed by atoms with Gasteiger partial charge in [-0.2, -0.15) is 0 Å². The van der Waals surface area contributed by atoms with E-state index in [4.69, 9.17) is 4.74 Å². The second-order valence-corrected chi connectivity index (χ2v) is 9.93. The van der Waals surface area contributed by atoms with Crippen LogP contribution in [-0.4, -0.2) is 14.3 Å². The average molecular weight is 487 g/mol. The molecule has 35 heavy (non-hydrogen) atoms. The van der Waals surface area contributed by atoms with E-state index in [-0.39, 0.29) is 10.5 Å². The third-order valence-corrected chi connectivity index (χ3v) is 7.11. The lowest BCUT2D eigenvalue weighted by atomic mass is 10.1. The van der Waals surface area contributed by atoms with Crippen LogP contribution in [0.25, 0.3) is 0 Å². The molecule has 0 aromatic heterocycles. The Morgan fingerprint density at radius 3 is 2.00 bits per heavy atom. The van der Waals surface area contributed by atoms with Crippen molar-refractivity contribution in [1.82, 2.24) is 0 Å². The number of anilines is 2. The summed E-state index contributed by atoms with van der Waals surface area (Å²) < 4.78 is 34.5. The second kappa shape index (κ2) is 10.0. The zero-order valence-electron chi connectivity index (χ0n) is 19.7. The van der Waals surface area contributed by atoms with Crippen molar-refractivity contribution in [3.63, 3.8) is 0 Å². The predicted octanol–water partition coefficient (Wildman–Crippen LogP) is 6.46. The molecule has 0 radical (unpaired) electrons. The van der Waals surface area contributed by atoms with Gasteiger partial charge in [-0.25, -0.2) is 8.42 Å². The molecule has 4 aromatic carbocycles. The topological polar surface area (TPSA) is 84.5 Å². The first-order valence-corrected chi connectivity index (χ1v) is 12.5. The Morgan fingerprint density at radius 2 is 1.31 bits per heavy atom. The second-order valence-electron chi connectivity index (χ2n) is 8.28. The Hall–Kier alpha value is -4.10. The van der Waals surface area contributed by atoms with Crippen molar-refractivity contribution in [3.05, 3.63) is 113 Å². The van der Waals surface area contributed by atoms with Crippen LogP contribution in [0.1, 0.15) is 27.0 Å². The molecule has 0 aliphatic rings. The third kappa shape index (κ3) is 5.88. The van der Waals surface area contributed by atoms with Crippen LogP contribution in [0.3, 0.4) is 0 Å². The smallest absolute Gasteiger partial charge is 0.262 e. The summed E-state index contributed by atoms with van der Waals surface area (Å²) in [5, 5.41) is 2.80. The summed E-state index contributed by atoms with van der Waals surface area (Å²) in [5.74, 6) is 0.937. The van der Waals surface area contributed by atoms with E-state index < -0.39 is 15.9 Å². The molecule has 4 rings (SSSR count). The van der Waals surface area contributed by atoms with E-state index >= 15 is 0 Å². The van der Waals surface area contributed by atoms with E-state index in [1.807, 2.05) is 50.2 Å². The van der Waals surface area contributed by atoms with Gasteiger partial charge in [-0.3, -0.25) is 9.52 Å². The third-order valence-electron chi connectivity index (χ3n) is 5.59. The number of rotatable bonds is 7. The molecule has 0 unspecified atom stereocenters. The van der Waals surface area contributed by atoms with Crippen LogP contribution >= 0.6 is 0 Å². The SMILES string of the molecule is Cc1ccc(NS(=O)(=O)c2cc(C(=O)Nc3ccc(Oc4ccccc4)cc3)ccc2C)cc1C. The molecular formula is C28H26N2O4S. The first kappa shape index (κ1) is 24.0. The van der Waals surface area contributed by atoms with E-state index in [9.17, 15) is 13.2 Å². The molecule has 0 aliphatic carbocycles. The van der Waals surface area contributed by atoms with Gasteiger partial charge in [0.2, 0.25) is 0 Å². The summed E-state index contributed by atoms with van der Waals surface area (Å²) in [7, 11) is -3.88. The number of benzene rings is 4. The number of hydrogen-bond donors (Lipinski definition) is 2. The van der Waals surface area contributed by atoms with Crippen molar-refractivity contribution in [3.8, 4) is 11.5 Å². The van der Waals surface area contributed by atoms with Gasteiger partial charge < -0.3 is 10.1 Å². The van der Waals surface area contributed by atoms with Gasteiger partial charge in [-0.15, -0.1) is 0 Å². The first-order chi connectivity index (χ1) is 16.7. The molecule has 2 N–H and O–H groups in total. The monoisotopic (exact) mass is 486 g/mol. The fourth-order valence-corrected chi connectivity index (χ4v) is 4.80. The molecule has 0 heterocycles. The van der Waals surface area contributed by atoms with Crippen molar-refractivity contribution in [2.24, 2.45) is 0 Å². The lowest BCUT2D eigenvalue weighted by molar-refractivity contribution is 0.102. The Labute approximate surface area is 205 Å². The zero-order chi connectivity index (χ0) is 25.0. The number of sulfonamides is 1. The molecule has 0 saturated heterocycles. The summed E-state index contributed by atoms with van der Waals surface area (Å²) >= 11 is 0. The number of para-hydroxylation sites is 1. The van der Waals surface area contributed by atoms with Gasteiger partial charge in [-0.05, 0) is 98.1 Å². The number of nitrogens with one attached hydrogen (secondary N) is 2. The summed E-state index contributed by atoms with van der Waals surface area (Å²) in [4.78, 5) is 12.9. The van der Waals surface area contributed by atoms with Crippen LogP contribution in [0.2, 0.25) is 0 Å². The summed E-state index contributed by atoms with van der Waals surface area (Å²) in [6, 6.07) is 26.3. The standard InChI is InChI=1S/C28H26N2O4S/c1-19-10-12-24(17-21(19)3)30-35(32,33)27-18-22(11-9-20(27)2)28(31)29-23-13-15-26(16-14-23)34-25-7-5-4-6-8-25/h4-18,30H,1-3H3,(H,29,31). The summed E-state index contributed by atoms with van der Waals surface area (Å²) in [6.45, 7) is 5.58. The van der Waals surface area contributed by atoms with Gasteiger partial charge in [0, 0.05) is 16.9 Å². The molecule has 1 amide bonds. The molecule has 6 nitrogen and oxygen atoms in total. The molecular weight excluding hydrogens is 460 g/mol. The number of amides is 1. The largest absolute Gasteiger partial charge is 0.457 e. The van der Waals surface area contributed by atoms with Crippen molar-refractivity contribution in [2.45, 2.75) is 25.7 Å². The van der Waals surface area contributed by atoms with Gasteiger partial charge in [0.25, 0.3) is 15.9 Å². The van der Waals surface area contributed by atoms with Crippen molar-refractivity contribution < 1.29 is 17.9 Å². The number of carbonyl (C=O) groups excluding carboxylic acids is 1. The number of carbonyl (C=O) groups is 1. The summed E-state index contributed by atoms with van der Waals surface area (Å²) in [6.07, 6.45) is 0. The van der Waals surface area contributed by atoms with Crippen molar-refractivity contribution >= 4 is 27.3 Å². The van der Waals surface area contributed by atoms with Gasteiger partial charge >= 0.3 is 0 Å². The zero-order valence-corrected chi connectivity index (χ0v) is 20.5. The fourth-order valence-electron chi connectivity index (χ4n) is 3.48. The Kier molecular flexibility index (Phi) is 6.89. The molecule has 0 spiro atoms. The van der Waals surface area contributed by atoms with Crippen LogP contribution < -0.4 is 14.8 Å². The van der Waals surface area contributed by atoms with Crippen LogP contribution in [0.4, 0.5) is 11.4 Å². The Morgan fingerprint density at radius 1 is 0.686 bits per heavy atom. The number of ether oxygens (including phenoxy) is 1. The minimum atomic E-state index is -3.88. The average Bonchev–Trinajstić information content (AvgIpc) is 2.83. The first-order valence-electron chi connectivity index (χ1n) is 11.1. The van der Waals surface area contributed by atoms with Crippen molar-refractivity contribution in [1.29, 1.82) is 0 Å². The van der Waals surface area contributed by atoms with Gasteiger partial charge in [0.1, 0.15) is 11.5 Å². The highest BCUT2D eigenvalue weighted by atomic mass is 32.2. The Bertz CT molecular complexity index is 1470. The quantitative estimate of drug-likeness (QED) is 0.314. The van der Waals surface area contributed by atoms with E-state index in [1.165, 1.54) is 6.07 Å². The number of aryl methyl sites for hydroxylation is 3. The number of hydrogen-bond acceptors (Lipinski definition) is 4. The van der Waals surface area contributed by atoms with Gasteiger partial charge in [0.05, 0.1) is 4.90 Å². The van der Waals surface area contributed by atoms with E-state index in [1.54, 1.807) is 55.5 Å². The highest BCUT2D eigenvalue weighted by molar-refractivity contribution is 7.92. The van der Waals surface area contributed by atoms with Crippen LogP contribution in [0.15, 0.2) is 95.9 Å². The molecule has 0 fully saturated rings. The van der Waals surface area contributed by atoms with Crippen LogP contribution in [0, 0.1) is 20.8 Å². The fraction of sp³-hybridized carbons (Fsp3) is 0.107. The van der Waals surface area contributed by atoms with Gasteiger partial charge in [-0.1, -0.05) is 30.3 Å². The molecule has 0 atom stereocenters. The molecule has 4 aromatic rings. The minimum Gasteiger partial charge on any atom is -0.457 e. The summed E-state index contributed by atoms with van der Waals surface area (Å²) in [5.41, 5.74) is 3.87. The van der Waals surface area contributed by atoms with Crippen LogP contribution in [0.5, 0.6) is 11.5 Å². The molecule has 7 heteroatoms. The molecule has 0 aliphatic heterocycles. The lowest BCUT2D eigenvalue weighted by Gasteiger charge is -2.13. The minimum absolute atomic E-state index is 0.0509. The van der Waals surface area contributed by atoms with Gasteiger partial charge in [0.15, 0.2) is 0 Å². The molecule has 0 bridgehead atoms.